The normalized spacial score (nSPS) is 17.3. The summed E-state index contributed by atoms with van der Waals surface area (Å²) in [5.74, 6) is -1.20. The lowest BCUT2D eigenvalue weighted by Crippen LogP contribution is -2.55. The van der Waals surface area contributed by atoms with Crippen molar-refractivity contribution >= 4 is 47.1 Å². The number of nitrogens with zero attached hydrogens (tertiary/aromatic N) is 6. The largest absolute Gasteiger partial charge is 0.379 e. The topological polar surface area (TPSA) is 186 Å². The number of carbonyl (C=O) groups excluding carboxylic acids is 6. The first kappa shape index (κ1) is 59.8. The summed E-state index contributed by atoms with van der Waals surface area (Å²) in [5, 5.41) is 8.99. The van der Waals surface area contributed by atoms with Crippen LogP contribution in [0.5, 0.6) is 0 Å². The van der Waals surface area contributed by atoms with E-state index >= 15 is 0 Å². The molecule has 2 aromatic carbocycles. The Hall–Kier alpha value is -5.81. The summed E-state index contributed by atoms with van der Waals surface area (Å²) in [6.07, 6.45) is 8.00. The number of guanidine groups is 1. The molecule has 0 aromatic heterocycles. The molecule has 0 unspecified atom stereocenters. The number of aryl methyl sites for hydroxylation is 1. The number of rotatable bonds is 28. The summed E-state index contributed by atoms with van der Waals surface area (Å²) in [4.78, 5) is 95.6. The van der Waals surface area contributed by atoms with E-state index in [-0.39, 0.29) is 53.7 Å². The van der Waals surface area contributed by atoms with Gasteiger partial charge in [0.15, 0.2) is 5.96 Å². The molecular formula is C56H87N9O8. The molecule has 0 aliphatic carbocycles. The number of nitrogens with one attached hydrogen (secondary N) is 3. The lowest BCUT2D eigenvalue weighted by atomic mass is 9.89. The van der Waals surface area contributed by atoms with Crippen molar-refractivity contribution in [2.75, 3.05) is 74.4 Å². The molecule has 4 rings (SSSR count). The van der Waals surface area contributed by atoms with E-state index in [1.807, 2.05) is 100 Å². The summed E-state index contributed by atoms with van der Waals surface area (Å²) in [5.41, 5.74) is 2.44. The Kier molecular flexibility index (Phi) is 24.4. The lowest BCUT2D eigenvalue weighted by Gasteiger charge is -2.40. The van der Waals surface area contributed by atoms with Gasteiger partial charge in [-0.1, -0.05) is 96.0 Å². The smallest absolute Gasteiger partial charge is 0.247 e. The number of hydrogen-bond acceptors (Lipinski definition) is 9. The maximum atomic E-state index is 14.5. The van der Waals surface area contributed by atoms with Crippen molar-refractivity contribution in [3.8, 4) is 0 Å². The van der Waals surface area contributed by atoms with Crippen LogP contribution in [0.2, 0.25) is 0 Å². The molecule has 3 N–H and O–H groups in total. The molecule has 1 fully saturated rings. The van der Waals surface area contributed by atoms with Gasteiger partial charge in [0.2, 0.25) is 35.4 Å². The monoisotopic (exact) mass is 1010 g/mol. The van der Waals surface area contributed by atoms with E-state index in [0.717, 1.165) is 43.2 Å². The average Bonchev–Trinajstić information content (AvgIpc) is 4.03. The zero-order chi connectivity index (χ0) is 53.8. The molecule has 17 heteroatoms. The maximum Gasteiger partial charge on any atom is 0.247 e. The van der Waals surface area contributed by atoms with Crippen molar-refractivity contribution in [3.05, 3.63) is 77.9 Å². The van der Waals surface area contributed by atoms with Gasteiger partial charge in [-0.25, -0.2) is 4.99 Å². The Balaban J connectivity index is 1.41. The number of likely N-dealkylation sites (tertiary alicyclic amines) is 1. The van der Waals surface area contributed by atoms with E-state index in [1.54, 1.807) is 61.1 Å². The Morgan fingerprint density at radius 3 is 2.12 bits per heavy atom. The van der Waals surface area contributed by atoms with Crippen LogP contribution in [-0.4, -0.2) is 171 Å². The molecule has 2 aliphatic rings. The minimum Gasteiger partial charge on any atom is -0.379 e. The molecule has 2 heterocycles. The van der Waals surface area contributed by atoms with Crippen LogP contribution in [0, 0.1) is 17.8 Å². The highest BCUT2D eigenvalue weighted by Crippen LogP contribution is 2.30. The van der Waals surface area contributed by atoms with Crippen LogP contribution in [0.4, 0.5) is 5.69 Å². The molecule has 73 heavy (non-hydrogen) atoms. The van der Waals surface area contributed by atoms with E-state index in [1.165, 1.54) is 0 Å². The van der Waals surface area contributed by atoms with E-state index in [2.05, 4.69) is 29.8 Å². The summed E-state index contributed by atoms with van der Waals surface area (Å²) >= 11 is 0. The number of unbranched alkanes of at least 4 members (excludes halogenated alkanes) is 2. The van der Waals surface area contributed by atoms with Gasteiger partial charge in [-0.3, -0.25) is 28.8 Å². The predicted octanol–water partition coefficient (Wildman–Crippen LogP) is 5.74. The number of benzene rings is 2. The second kappa shape index (κ2) is 29.8. The van der Waals surface area contributed by atoms with Crippen LogP contribution >= 0.6 is 0 Å². The number of aliphatic imine (C=N–C) groups is 1. The van der Waals surface area contributed by atoms with E-state index in [4.69, 9.17) is 14.5 Å². The molecule has 8 atom stereocenters. The molecule has 0 spiro atoms. The number of carbonyl (C=O) groups is 6. The highest BCUT2D eigenvalue weighted by molar-refractivity contribution is 5.97. The van der Waals surface area contributed by atoms with E-state index in [0.29, 0.717) is 63.5 Å². The van der Waals surface area contributed by atoms with Crippen LogP contribution < -0.4 is 16.0 Å². The molecule has 0 saturated carbocycles. The number of amides is 6. The quantitative estimate of drug-likeness (QED) is 0.0540. The van der Waals surface area contributed by atoms with Crippen molar-refractivity contribution in [2.24, 2.45) is 22.7 Å². The standard InChI is InChI=1S/C56H87N9O8/c1-13-39(4)51(63(10)55(71)50(38(2)3)60-56(61(6)7)62(8)9)46(72-11)36-49(68)65-35-20-24-45(65)52(73-12)40(5)53(69)59-44(32-29-41-22-16-14-17-23-41)54(70)58-43-30-27-42(28-31-43)37-57-47(66)25-18-15-19-33-64-34-21-26-48(64)67/h14,16-17,21-23,26-28,30-31,38-40,44-46,50-52H,13,15,18-20,24-25,29,32-37H2,1-12H3,(H,57,66)(H,58,70)(H,59,69)/t39-,40+,44+,45-,46+,50-,51-,52+/m0/s1. The van der Waals surface area contributed by atoms with Gasteiger partial charge < -0.3 is 49.9 Å². The number of hydrogen-bond donors (Lipinski definition) is 3. The van der Waals surface area contributed by atoms with E-state index in [9.17, 15) is 28.8 Å². The maximum absolute atomic E-state index is 14.5. The molecule has 1 saturated heterocycles. The molecule has 2 aromatic rings. The predicted molar refractivity (Wildman–Crippen MR) is 287 cm³/mol. The first-order valence-electron chi connectivity index (χ1n) is 26.3. The molecule has 0 bridgehead atoms. The fraction of sp³-hybridized carbons (Fsp3) is 0.625. The zero-order valence-electron chi connectivity index (χ0n) is 45.9. The second-order valence-corrected chi connectivity index (χ2v) is 20.5. The highest BCUT2D eigenvalue weighted by atomic mass is 16.5. The molecule has 6 amide bonds. The van der Waals surface area contributed by atoms with Crippen molar-refractivity contribution < 1.29 is 38.2 Å². The highest BCUT2D eigenvalue weighted by Gasteiger charge is 2.43. The Morgan fingerprint density at radius 1 is 0.849 bits per heavy atom. The van der Waals surface area contributed by atoms with E-state index < -0.39 is 42.3 Å². The van der Waals surface area contributed by atoms with Crippen LogP contribution in [0.1, 0.15) is 104 Å². The van der Waals surface area contributed by atoms with Crippen LogP contribution in [0.3, 0.4) is 0 Å². The Labute approximate surface area is 435 Å². The first-order valence-corrected chi connectivity index (χ1v) is 26.3. The minimum atomic E-state index is -0.890. The van der Waals surface area contributed by atoms with Gasteiger partial charge >= 0.3 is 0 Å². The number of methoxy groups -OCH3 is 2. The van der Waals surface area contributed by atoms with Crippen LogP contribution in [0.25, 0.3) is 0 Å². The summed E-state index contributed by atoms with van der Waals surface area (Å²) in [6.45, 7) is 12.0. The Morgan fingerprint density at radius 2 is 1.53 bits per heavy atom. The Bertz CT molecular complexity index is 2140. The molecule has 17 nitrogen and oxygen atoms in total. The van der Waals surface area contributed by atoms with Crippen molar-refractivity contribution in [1.82, 2.24) is 35.1 Å². The van der Waals surface area contributed by atoms with Gasteiger partial charge in [-0.05, 0) is 73.6 Å². The van der Waals surface area contributed by atoms with Crippen molar-refractivity contribution in [2.45, 2.75) is 142 Å². The molecule has 404 valence electrons. The fourth-order valence-electron chi connectivity index (χ4n) is 9.95. The molecule has 2 aliphatic heterocycles. The lowest BCUT2D eigenvalue weighted by molar-refractivity contribution is -0.146. The van der Waals surface area contributed by atoms with Gasteiger partial charge in [0.05, 0.1) is 36.6 Å². The minimum absolute atomic E-state index is 0.00818. The van der Waals surface area contributed by atoms with Gasteiger partial charge in [0.25, 0.3) is 0 Å². The van der Waals surface area contributed by atoms with Gasteiger partial charge in [0, 0.05) is 93.8 Å². The van der Waals surface area contributed by atoms with Gasteiger partial charge in [-0.2, -0.15) is 0 Å². The molecule has 0 radical (unpaired) electrons. The number of anilines is 1. The average molecular weight is 1010 g/mol. The summed E-state index contributed by atoms with van der Waals surface area (Å²) in [6, 6.07) is 14.6. The number of ether oxygens (including phenoxy) is 2. The van der Waals surface area contributed by atoms with Crippen molar-refractivity contribution in [1.29, 1.82) is 0 Å². The fourth-order valence-corrected chi connectivity index (χ4v) is 9.95. The van der Waals surface area contributed by atoms with Gasteiger partial charge in [-0.15, -0.1) is 0 Å². The SMILES string of the molecule is CC[C@H](C)[C@@H]([C@@H](CC(=O)N1CCC[C@H]1[C@H](OC)[C@@H](C)C(=O)N[C@H](CCc1ccccc1)C(=O)Nc1ccc(CNC(=O)CCCCCN2CC=CC2=O)cc1)OC)N(C)C(=O)[C@@H](N=C(N(C)C)N(C)C)C(C)C. The third-order valence-electron chi connectivity index (χ3n) is 14.3. The summed E-state index contributed by atoms with van der Waals surface area (Å²) in [7, 11) is 12.5. The number of likely N-dealkylation sites (N-methyl/N-ethyl adjacent to an activating group) is 1. The zero-order valence-corrected chi connectivity index (χ0v) is 45.9. The third-order valence-corrected chi connectivity index (χ3v) is 14.3. The van der Waals surface area contributed by atoms with Crippen molar-refractivity contribution in [3.63, 3.8) is 0 Å². The first-order chi connectivity index (χ1) is 34.8. The van der Waals surface area contributed by atoms with Gasteiger partial charge in [0.1, 0.15) is 12.1 Å². The third kappa shape index (κ3) is 17.7. The molecular weight excluding hydrogens is 927 g/mol. The second-order valence-electron chi connectivity index (χ2n) is 20.5. The van der Waals surface area contributed by atoms with Crippen LogP contribution in [-0.2, 0) is 51.2 Å². The summed E-state index contributed by atoms with van der Waals surface area (Å²) < 4.78 is 12.2. The van der Waals surface area contributed by atoms with Crippen LogP contribution in [0.15, 0.2) is 71.7 Å².